The topological polar surface area (TPSA) is 134 Å². The van der Waals surface area contributed by atoms with Crippen LogP contribution in [0.5, 0.6) is 23.0 Å². The van der Waals surface area contributed by atoms with E-state index in [1.165, 1.54) is 0 Å². The minimum atomic E-state index is -0.492. The van der Waals surface area contributed by atoms with Crippen molar-refractivity contribution in [3.63, 3.8) is 0 Å². The van der Waals surface area contributed by atoms with Crippen LogP contribution < -0.4 is 18.9 Å². The van der Waals surface area contributed by atoms with Gasteiger partial charge in [0.15, 0.2) is 23.0 Å². The summed E-state index contributed by atoms with van der Waals surface area (Å²) in [6.07, 6.45) is 0. The zero-order valence-electron chi connectivity index (χ0n) is 22.9. The third-order valence-electron chi connectivity index (χ3n) is 6.99. The van der Waals surface area contributed by atoms with Gasteiger partial charge in [-0.1, -0.05) is 17.3 Å². The van der Waals surface area contributed by atoms with E-state index < -0.39 is 5.24 Å². The van der Waals surface area contributed by atoms with Gasteiger partial charge in [0, 0.05) is 55.4 Å². The third kappa shape index (κ3) is 6.09. The average Bonchev–Trinajstić information content (AvgIpc) is 3.81. The van der Waals surface area contributed by atoms with Crippen LogP contribution in [0.4, 0.5) is 0 Å². The van der Waals surface area contributed by atoms with E-state index in [1.54, 1.807) is 77.4 Å². The predicted octanol–water partition coefficient (Wildman–Crippen LogP) is 4.17. The minimum Gasteiger partial charge on any atom is -0.454 e. The molecule has 4 heterocycles. The van der Waals surface area contributed by atoms with Crippen LogP contribution in [0, 0.1) is 6.92 Å². The van der Waals surface area contributed by atoms with Crippen molar-refractivity contribution in [2.24, 2.45) is 0 Å². The molecule has 4 aromatic rings. The summed E-state index contributed by atoms with van der Waals surface area (Å²) in [5.41, 5.74) is 2.34. The maximum Gasteiger partial charge on any atom is 0.254 e. The number of amides is 2. The molecule has 0 N–H and O–H groups in total. The highest BCUT2D eigenvalue weighted by Gasteiger charge is 2.27. The first-order valence-corrected chi connectivity index (χ1v) is 13.7. The van der Waals surface area contributed by atoms with Crippen molar-refractivity contribution in [3.8, 4) is 34.4 Å². The lowest BCUT2D eigenvalue weighted by atomic mass is 10.1. The predicted molar refractivity (Wildman–Crippen MR) is 152 cm³/mol. The summed E-state index contributed by atoms with van der Waals surface area (Å²) in [4.78, 5) is 44.1. The lowest BCUT2D eigenvalue weighted by molar-refractivity contribution is 0.0535. The van der Waals surface area contributed by atoms with Gasteiger partial charge in [-0.2, -0.15) is 4.98 Å². The summed E-state index contributed by atoms with van der Waals surface area (Å²) >= 11 is 5.27. The first-order valence-electron chi connectivity index (χ1n) is 13.3. The number of aryl methyl sites for hydroxylation is 1. The van der Waals surface area contributed by atoms with E-state index in [0.717, 1.165) is 5.56 Å². The number of rotatable bonds is 4. The Kier molecular flexibility index (Phi) is 7.84. The summed E-state index contributed by atoms with van der Waals surface area (Å²) in [5.74, 6) is 3.29. The molecule has 0 atom stereocenters. The summed E-state index contributed by atoms with van der Waals surface area (Å²) in [5, 5.41) is 3.39. The third-order valence-corrected chi connectivity index (χ3v) is 7.21. The van der Waals surface area contributed by atoms with Gasteiger partial charge in [0.1, 0.15) is 0 Å². The van der Waals surface area contributed by atoms with Crippen molar-refractivity contribution in [3.05, 3.63) is 83.2 Å². The number of fused-ring (bicyclic) bond motifs is 2. The number of hydrogen-bond donors (Lipinski definition) is 0. The molecule has 12 nitrogen and oxygen atoms in total. The molecule has 7 rings (SSSR count). The molecule has 0 bridgehead atoms. The average molecular weight is 605 g/mol. The van der Waals surface area contributed by atoms with Crippen molar-refractivity contribution in [2.75, 3.05) is 39.8 Å². The van der Waals surface area contributed by atoms with Crippen LogP contribution in [0.15, 0.2) is 65.2 Å². The summed E-state index contributed by atoms with van der Waals surface area (Å²) in [6, 6.07) is 17.1. The Morgan fingerprint density at radius 1 is 0.674 bits per heavy atom. The normalized spacial score (nSPS) is 14.7. The Morgan fingerprint density at radius 3 is 1.70 bits per heavy atom. The monoisotopic (exact) mass is 604 g/mol. The highest BCUT2D eigenvalue weighted by Crippen LogP contribution is 2.34. The molecule has 3 aliphatic heterocycles. The maximum atomic E-state index is 12.9. The van der Waals surface area contributed by atoms with Gasteiger partial charge in [-0.15, -0.1) is 0 Å². The summed E-state index contributed by atoms with van der Waals surface area (Å²) in [6.45, 7) is 3.99. The number of hydrogen-bond acceptors (Lipinski definition) is 10. The maximum absolute atomic E-state index is 12.9. The number of aromatic nitrogens is 2. The zero-order valence-corrected chi connectivity index (χ0v) is 23.7. The Bertz CT molecular complexity index is 1680. The molecule has 2 amide bonds. The molecule has 1 aromatic heterocycles. The second kappa shape index (κ2) is 12.0. The lowest BCUT2D eigenvalue weighted by Crippen LogP contribution is -2.50. The Hall–Kier alpha value is -5.10. The standard InChI is InChI=1S/C22H20N4O5.C8H5ClO3/c1-14-23-20(24-31-14)15-2-4-16(5-3-15)21(27)25-8-10-26(11-9-25)22(28)17-6-7-18-19(12-17)30-13-29-18;9-8(10)5-1-2-6-7(3-5)12-4-11-6/h2-7,12H,8-11,13H2,1H3;1-3H,4H2. The van der Waals surface area contributed by atoms with Gasteiger partial charge < -0.3 is 33.3 Å². The number of benzene rings is 3. The van der Waals surface area contributed by atoms with E-state index in [2.05, 4.69) is 10.1 Å². The van der Waals surface area contributed by atoms with E-state index in [-0.39, 0.29) is 25.4 Å². The molecule has 220 valence electrons. The summed E-state index contributed by atoms with van der Waals surface area (Å²) in [7, 11) is 0. The van der Waals surface area contributed by atoms with Crippen LogP contribution in [0.25, 0.3) is 11.4 Å². The number of carbonyl (C=O) groups is 3. The van der Waals surface area contributed by atoms with Gasteiger partial charge in [-0.25, -0.2) is 0 Å². The molecule has 13 heteroatoms. The van der Waals surface area contributed by atoms with E-state index in [9.17, 15) is 14.4 Å². The van der Waals surface area contributed by atoms with Crippen molar-refractivity contribution in [1.82, 2.24) is 19.9 Å². The molecule has 0 unspecified atom stereocenters. The van der Waals surface area contributed by atoms with Crippen LogP contribution >= 0.6 is 11.6 Å². The second-order valence-corrected chi connectivity index (χ2v) is 10.1. The molecule has 0 aliphatic carbocycles. The molecular formula is C30H25ClN4O8. The molecule has 3 aromatic carbocycles. The van der Waals surface area contributed by atoms with Crippen molar-refractivity contribution in [1.29, 1.82) is 0 Å². The first-order chi connectivity index (χ1) is 20.9. The van der Waals surface area contributed by atoms with Crippen LogP contribution in [-0.4, -0.2) is 76.8 Å². The highest BCUT2D eigenvalue weighted by atomic mass is 35.5. The number of ether oxygens (including phenoxy) is 4. The zero-order chi connectivity index (χ0) is 29.9. The van der Waals surface area contributed by atoms with Crippen LogP contribution in [0.3, 0.4) is 0 Å². The number of carbonyl (C=O) groups excluding carboxylic acids is 3. The fourth-order valence-electron chi connectivity index (χ4n) is 4.70. The van der Waals surface area contributed by atoms with E-state index in [4.69, 9.17) is 35.1 Å². The fourth-order valence-corrected chi connectivity index (χ4v) is 4.82. The van der Waals surface area contributed by atoms with E-state index in [0.29, 0.717) is 77.6 Å². The lowest BCUT2D eigenvalue weighted by Gasteiger charge is -2.35. The van der Waals surface area contributed by atoms with Crippen molar-refractivity contribution >= 4 is 28.7 Å². The molecule has 1 fully saturated rings. The van der Waals surface area contributed by atoms with Gasteiger partial charge in [0.05, 0.1) is 0 Å². The Labute approximate surface area is 250 Å². The van der Waals surface area contributed by atoms with E-state index >= 15 is 0 Å². The van der Waals surface area contributed by atoms with Gasteiger partial charge in [-0.05, 0) is 60.1 Å². The van der Waals surface area contributed by atoms with Gasteiger partial charge in [0.2, 0.25) is 25.3 Å². The molecule has 0 radical (unpaired) electrons. The molecule has 43 heavy (non-hydrogen) atoms. The Balaban J connectivity index is 0.000000229. The van der Waals surface area contributed by atoms with Crippen LogP contribution in [0.2, 0.25) is 0 Å². The molecule has 0 saturated carbocycles. The molecule has 1 saturated heterocycles. The minimum absolute atomic E-state index is 0.0639. The number of nitrogens with zero attached hydrogens (tertiary/aromatic N) is 4. The van der Waals surface area contributed by atoms with Gasteiger partial charge in [0.25, 0.3) is 17.1 Å². The molecule has 0 spiro atoms. The van der Waals surface area contributed by atoms with Crippen molar-refractivity contribution in [2.45, 2.75) is 6.92 Å². The SMILES string of the molecule is Cc1nc(-c2ccc(C(=O)N3CCN(C(=O)c4ccc5c(c4)OCO5)CC3)cc2)no1.O=C(Cl)c1ccc2c(c1)OCO2. The molecular weight excluding hydrogens is 580 g/mol. The fraction of sp³-hybridized carbons (Fsp3) is 0.233. The van der Waals surface area contributed by atoms with E-state index in [1.807, 2.05) is 0 Å². The Morgan fingerprint density at radius 2 is 1.16 bits per heavy atom. The van der Waals surface area contributed by atoms with Gasteiger partial charge in [-0.3, -0.25) is 14.4 Å². The number of piperazine rings is 1. The van der Waals surface area contributed by atoms with Crippen LogP contribution in [0.1, 0.15) is 37.0 Å². The highest BCUT2D eigenvalue weighted by molar-refractivity contribution is 6.67. The molecule has 3 aliphatic rings. The second-order valence-electron chi connectivity index (χ2n) is 9.71. The first kappa shape index (κ1) is 28.0. The number of halogens is 1. The largest absolute Gasteiger partial charge is 0.454 e. The van der Waals surface area contributed by atoms with Crippen LogP contribution in [-0.2, 0) is 0 Å². The smallest absolute Gasteiger partial charge is 0.254 e. The van der Waals surface area contributed by atoms with Gasteiger partial charge >= 0.3 is 0 Å². The quantitative estimate of drug-likeness (QED) is 0.313. The van der Waals surface area contributed by atoms with Crippen molar-refractivity contribution < 1.29 is 37.9 Å². The summed E-state index contributed by atoms with van der Waals surface area (Å²) < 4.78 is 25.8.